The van der Waals surface area contributed by atoms with E-state index in [1.165, 1.54) is 0 Å². The van der Waals surface area contributed by atoms with Gasteiger partial charge in [-0.15, -0.1) is 0 Å². The largest absolute Gasteiger partial charge is 0.444 e. The standard InChI is InChI=1S/C14H21N3O3/c1-9-7-6-8-11(15-9)17-12(18)10(2)16-13(19)20-14(3,4)5/h6-8,10H,1-5H3,(H,16,19)(H,15,17,18). The highest BCUT2D eigenvalue weighted by atomic mass is 16.6. The quantitative estimate of drug-likeness (QED) is 0.889. The van der Waals surface area contributed by atoms with Crippen molar-refractivity contribution in [1.82, 2.24) is 10.3 Å². The molecule has 1 unspecified atom stereocenters. The van der Waals surface area contributed by atoms with Crippen molar-refractivity contribution in [2.24, 2.45) is 0 Å². The predicted octanol–water partition coefficient (Wildman–Crippen LogP) is 2.24. The molecule has 1 atom stereocenters. The number of ether oxygens (including phenoxy) is 1. The molecule has 0 radical (unpaired) electrons. The van der Waals surface area contributed by atoms with E-state index < -0.39 is 17.7 Å². The molecule has 0 aliphatic carbocycles. The van der Waals surface area contributed by atoms with E-state index in [2.05, 4.69) is 15.6 Å². The van der Waals surface area contributed by atoms with Gasteiger partial charge in [0.25, 0.3) is 0 Å². The fourth-order valence-electron chi connectivity index (χ4n) is 1.40. The fraction of sp³-hybridized carbons (Fsp3) is 0.500. The van der Waals surface area contributed by atoms with E-state index >= 15 is 0 Å². The van der Waals surface area contributed by atoms with Gasteiger partial charge in [-0.25, -0.2) is 9.78 Å². The number of hydrogen-bond acceptors (Lipinski definition) is 4. The summed E-state index contributed by atoms with van der Waals surface area (Å²) in [4.78, 5) is 27.6. The highest BCUT2D eigenvalue weighted by Gasteiger charge is 2.21. The number of rotatable bonds is 3. The molecule has 2 amide bonds. The van der Waals surface area contributed by atoms with Crippen LogP contribution in [0.25, 0.3) is 0 Å². The number of anilines is 1. The maximum absolute atomic E-state index is 11.9. The van der Waals surface area contributed by atoms with Crippen LogP contribution in [0.2, 0.25) is 0 Å². The van der Waals surface area contributed by atoms with Crippen LogP contribution in [0.5, 0.6) is 0 Å². The Hall–Kier alpha value is -2.11. The van der Waals surface area contributed by atoms with Crippen LogP contribution < -0.4 is 10.6 Å². The van der Waals surface area contributed by atoms with Crippen molar-refractivity contribution in [2.75, 3.05) is 5.32 Å². The normalized spacial score (nSPS) is 12.4. The summed E-state index contributed by atoms with van der Waals surface area (Å²) < 4.78 is 5.08. The molecule has 110 valence electrons. The number of nitrogens with one attached hydrogen (secondary N) is 2. The average molecular weight is 279 g/mol. The lowest BCUT2D eigenvalue weighted by Crippen LogP contribution is -2.44. The summed E-state index contributed by atoms with van der Waals surface area (Å²) in [6.07, 6.45) is -0.627. The molecule has 0 spiro atoms. The lowest BCUT2D eigenvalue weighted by molar-refractivity contribution is -0.117. The van der Waals surface area contributed by atoms with Crippen LogP contribution in [0.3, 0.4) is 0 Å². The summed E-state index contributed by atoms with van der Waals surface area (Å²) in [6.45, 7) is 8.68. The molecule has 0 aromatic carbocycles. The van der Waals surface area contributed by atoms with Crippen molar-refractivity contribution >= 4 is 17.8 Å². The minimum Gasteiger partial charge on any atom is -0.444 e. The molecule has 1 heterocycles. The first-order valence-corrected chi connectivity index (χ1v) is 6.41. The van der Waals surface area contributed by atoms with Crippen molar-refractivity contribution in [2.45, 2.75) is 46.3 Å². The second kappa shape index (κ2) is 6.36. The summed E-state index contributed by atoms with van der Waals surface area (Å²) in [7, 11) is 0. The van der Waals surface area contributed by atoms with Crippen molar-refractivity contribution in [3.63, 3.8) is 0 Å². The second-order valence-electron chi connectivity index (χ2n) is 5.52. The Kier molecular flexibility index (Phi) is 5.07. The van der Waals surface area contributed by atoms with Crippen molar-refractivity contribution < 1.29 is 14.3 Å². The highest BCUT2D eigenvalue weighted by molar-refractivity contribution is 5.95. The van der Waals surface area contributed by atoms with Gasteiger partial charge in [0.1, 0.15) is 17.5 Å². The summed E-state index contributed by atoms with van der Waals surface area (Å²) >= 11 is 0. The Bertz CT molecular complexity index is 495. The minimum atomic E-state index is -0.716. The molecule has 1 rings (SSSR count). The predicted molar refractivity (Wildman–Crippen MR) is 76.4 cm³/mol. The Balaban J connectivity index is 2.53. The number of aromatic nitrogens is 1. The van der Waals surface area contributed by atoms with Gasteiger partial charge < -0.3 is 15.4 Å². The van der Waals surface area contributed by atoms with E-state index in [9.17, 15) is 9.59 Å². The highest BCUT2D eigenvalue weighted by Crippen LogP contribution is 2.07. The van der Waals surface area contributed by atoms with E-state index in [1.807, 2.05) is 13.0 Å². The molecule has 0 aliphatic heterocycles. The van der Waals surface area contributed by atoms with Gasteiger partial charge in [0.2, 0.25) is 5.91 Å². The number of hydrogen-bond donors (Lipinski definition) is 2. The molecule has 0 saturated carbocycles. The number of amides is 2. The van der Waals surface area contributed by atoms with Crippen LogP contribution >= 0.6 is 0 Å². The summed E-state index contributed by atoms with van der Waals surface area (Å²) in [6, 6.07) is 4.60. The molecule has 6 heteroatoms. The monoisotopic (exact) mass is 279 g/mol. The Morgan fingerprint density at radius 1 is 1.30 bits per heavy atom. The number of carbonyl (C=O) groups excluding carboxylic acids is 2. The van der Waals surface area contributed by atoms with Crippen molar-refractivity contribution in [1.29, 1.82) is 0 Å². The van der Waals surface area contributed by atoms with Crippen molar-refractivity contribution in [3.8, 4) is 0 Å². The van der Waals surface area contributed by atoms with Gasteiger partial charge in [0.05, 0.1) is 0 Å². The molecule has 1 aromatic heterocycles. The van der Waals surface area contributed by atoms with Crippen LogP contribution in [-0.2, 0) is 9.53 Å². The Labute approximate surface area is 118 Å². The van der Waals surface area contributed by atoms with Crippen LogP contribution in [0.15, 0.2) is 18.2 Å². The minimum absolute atomic E-state index is 0.353. The lowest BCUT2D eigenvalue weighted by Gasteiger charge is -2.21. The molecule has 0 saturated heterocycles. The molecule has 0 fully saturated rings. The summed E-state index contributed by atoms with van der Waals surface area (Å²) in [5, 5.41) is 5.10. The van der Waals surface area contributed by atoms with Crippen molar-refractivity contribution in [3.05, 3.63) is 23.9 Å². The van der Waals surface area contributed by atoms with Gasteiger partial charge in [-0.05, 0) is 46.8 Å². The lowest BCUT2D eigenvalue weighted by atomic mass is 10.2. The first kappa shape index (κ1) is 15.9. The number of nitrogens with zero attached hydrogens (tertiary/aromatic N) is 1. The molecule has 20 heavy (non-hydrogen) atoms. The van der Waals surface area contributed by atoms with Crippen LogP contribution in [0, 0.1) is 6.92 Å². The van der Waals surface area contributed by atoms with Gasteiger partial charge in [-0.1, -0.05) is 6.07 Å². The van der Waals surface area contributed by atoms with Crippen LogP contribution in [0.1, 0.15) is 33.4 Å². The first-order valence-electron chi connectivity index (χ1n) is 6.41. The zero-order valence-electron chi connectivity index (χ0n) is 12.5. The molecule has 2 N–H and O–H groups in total. The Morgan fingerprint density at radius 3 is 2.50 bits per heavy atom. The molecule has 6 nitrogen and oxygen atoms in total. The van der Waals surface area contributed by atoms with Gasteiger partial charge in [0, 0.05) is 5.69 Å². The molecule has 0 bridgehead atoms. The molecular formula is C14H21N3O3. The first-order chi connectivity index (χ1) is 9.17. The van der Waals surface area contributed by atoms with Crippen LogP contribution in [0.4, 0.5) is 10.6 Å². The van der Waals surface area contributed by atoms with E-state index in [-0.39, 0.29) is 5.91 Å². The van der Waals surface area contributed by atoms with Crippen LogP contribution in [-0.4, -0.2) is 28.6 Å². The summed E-state index contributed by atoms with van der Waals surface area (Å²) in [5.74, 6) is 0.0989. The van der Waals surface area contributed by atoms with E-state index in [4.69, 9.17) is 4.74 Å². The number of pyridine rings is 1. The van der Waals surface area contributed by atoms with E-state index in [1.54, 1.807) is 39.8 Å². The number of carbonyl (C=O) groups is 2. The average Bonchev–Trinajstić information content (AvgIpc) is 2.25. The smallest absolute Gasteiger partial charge is 0.408 e. The van der Waals surface area contributed by atoms with Gasteiger partial charge in [-0.2, -0.15) is 0 Å². The fourth-order valence-corrected chi connectivity index (χ4v) is 1.40. The molecule has 1 aromatic rings. The van der Waals surface area contributed by atoms with E-state index in [0.29, 0.717) is 5.82 Å². The topological polar surface area (TPSA) is 80.3 Å². The molecule has 0 aliphatic rings. The Morgan fingerprint density at radius 2 is 1.95 bits per heavy atom. The maximum atomic E-state index is 11.9. The third kappa shape index (κ3) is 5.69. The number of aryl methyl sites for hydroxylation is 1. The summed E-state index contributed by atoms with van der Waals surface area (Å²) in [5.41, 5.74) is 0.203. The van der Waals surface area contributed by atoms with Gasteiger partial charge in [0.15, 0.2) is 0 Å². The zero-order chi connectivity index (χ0) is 15.3. The third-order valence-electron chi connectivity index (χ3n) is 2.27. The zero-order valence-corrected chi connectivity index (χ0v) is 12.5. The molecular weight excluding hydrogens is 258 g/mol. The van der Waals surface area contributed by atoms with Gasteiger partial charge >= 0.3 is 6.09 Å². The van der Waals surface area contributed by atoms with E-state index in [0.717, 1.165) is 5.69 Å². The third-order valence-corrected chi connectivity index (χ3v) is 2.27. The second-order valence-corrected chi connectivity index (χ2v) is 5.52. The maximum Gasteiger partial charge on any atom is 0.408 e. The van der Waals surface area contributed by atoms with Gasteiger partial charge in [-0.3, -0.25) is 4.79 Å². The SMILES string of the molecule is Cc1cccc(NC(=O)C(C)NC(=O)OC(C)(C)C)n1. The number of alkyl carbamates (subject to hydrolysis) is 1.